The molecule has 7 aliphatic carbocycles. The molecule has 0 atom stereocenters. The fraction of sp³-hybridized carbons (Fsp3) is 0.800. The molecule has 3 fully saturated rings. The van der Waals surface area contributed by atoms with Crippen LogP contribution < -0.4 is 0 Å². The van der Waals surface area contributed by atoms with Crippen molar-refractivity contribution in [3.63, 3.8) is 0 Å². The molecule has 0 amide bonds. The predicted octanol–water partition coefficient (Wildman–Crippen LogP) is 5.30. The second-order valence-electron chi connectivity index (χ2n) is 8.95. The summed E-state index contributed by atoms with van der Waals surface area (Å²) in [7, 11) is 0. The highest BCUT2D eigenvalue weighted by Gasteiger charge is 2.98. The molecule has 7 aliphatic rings. The molecule has 3 saturated carbocycles. The lowest BCUT2D eigenvalue weighted by molar-refractivity contribution is -0.288. The van der Waals surface area contributed by atoms with E-state index in [1.54, 1.807) is 38.5 Å². The van der Waals surface area contributed by atoms with Crippen LogP contribution in [-0.2, 0) is 0 Å². The largest absolute Gasteiger partial charge is 0.0623 e. The van der Waals surface area contributed by atoms with E-state index in [-0.39, 0.29) is 0 Å². The fourth-order valence-corrected chi connectivity index (χ4v) is 10.2. The van der Waals surface area contributed by atoms with Crippen molar-refractivity contribution in [3.8, 4) is 0 Å². The van der Waals surface area contributed by atoms with Gasteiger partial charge in [-0.3, -0.25) is 0 Å². The van der Waals surface area contributed by atoms with Crippen molar-refractivity contribution < 1.29 is 0 Å². The smallest absolute Gasteiger partial charge is 0.0120 e. The van der Waals surface area contributed by atoms with E-state index in [1.165, 1.54) is 38.5 Å². The summed E-state index contributed by atoms with van der Waals surface area (Å²) < 4.78 is 0. The van der Waals surface area contributed by atoms with E-state index in [0.29, 0.717) is 0 Å². The van der Waals surface area contributed by atoms with Gasteiger partial charge in [-0.2, -0.15) is 0 Å². The number of hydrogen-bond donors (Lipinski definition) is 0. The van der Waals surface area contributed by atoms with Gasteiger partial charge in [0.25, 0.3) is 0 Å². The molecule has 0 aromatic rings. The molecule has 104 valence electrons. The van der Waals surface area contributed by atoms with Gasteiger partial charge in [0.1, 0.15) is 0 Å². The Bertz CT molecular complexity index is 538. The van der Waals surface area contributed by atoms with Gasteiger partial charge in [-0.25, -0.2) is 0 Å². The van der Waals surface area contributed by atoms with E-state index in [9.17, 15) is 0 Å². The van der Waals surface area contributed by atoms with Crippen molar-refractivity contribution in [2.45, 2.75) is 77.0 Å². The maximum Gasteiger partial charge on any atom is 0.0120 e. The van der Waals surface area contributed by atoms with Gasteiger partial charge in [-0.1, -0.05) is 35.1 Å². The van der Waals surface area contributed by atoms with Gasteiger partial charge in [0, 0.05) is 21.7 Å². The Kier molecular flexibility index (Phi) is 1.28. The standard InChI is InChI=1S/C20H24/c1-5-13-14(6-1)18-10-4-12-20(18)16-8-2-7-15(16)19(20)11-3-9-17(13,18)19/h1-12H2. The monoisotopic (exact) mass is 264 g/mol. The topological polar surface area (TPSA) is 0 Å². The van der Waals surface area contributed by atoms with Crippen LogP contribution in [0.25, 0.3) is 0 Å². The van der Waals surface area contributed by atoms with Gasteiger partial charge in [-0.05, 0) is 64.2 Å². The van der Waals surface area contributed by atoms with E-state index >= 15 is 0 Å². The Hall–Kier alpha value is -0.520. The molecule has 0 N–H and O–H groups in total. The first-order valence-corrected chi connectivity index (χ1v) is 9.33. The molecular formula is C20H24. The molecule has 0 aromatic heterocycles. The Labute approximate surface area is 121 Å². The first kappa shape index (κ1) is 10.2. The van der Waals surface area contributed by atoms with Crippen molar-refractivity contribution in [1.82, 2.24) is 0 Å². The summed E-state index contributed by atoms with van der Waals surface area (Å²) in [6.45, 7) is 0. The number of hydrogen-bond acceptors (Lipinski definition) is 0. The lowest BCUT2D eigenvalue weighted by Crippen LogP contribution is -2.84. The maximum absolute atomic E-state index is 2.05. The molecule has 0 bridgehead atoms. The van der Waals surface area contributed by atoms with Crippen LogP contribution in [0.2, 0.25) is 0 Å². The molecule has 0 unspecified atom stereocenters. The van der Waals surface area contributed by atoms with Gasteiger partial charge in [0.05, 0.1) is 0 Å². The third kappa shape index (κ3) is 0.521. The van der Waals surface area contributed by atoms with Crippen molar-refractivity contribution in [2.75, 3.05) is 0 Å². The van der Waals surface area contributed by atoms with Gasteiger partial charge in [0.15, 0.2) is 0 Å². The van der Waals surface area contributed by atoms with E-state index in [1.807, 2.05) is 22.3 Å². The minimum Gasteiger partial charge on any atom is -0.0623 e. The lowest BCUT2D eigenvalue weighted by Gasteiger charge is -2.90. The Morgan fingerprint density at radius 2 is 0.700 bits per heavy atom. The summed E-state index contributed by atoms with van der Waals surface area (Å²) in [4.78, 5) is 0. The summed E-state index contributed by atoms with van der Waals surface area (Å²) >= 11 is 0. The minimum absolute atomic E-state index is 0.755. The third-order valence-corrected chi connectivity index (χ3v) is 9.62. The van der Waals surface area contributed by atoms with Gasteiger partial charge >= 0.3 is 0 Å². The minimum atomic E-state index is 0.755. The van der Waals surface area contributed by atoms with Gasteiger partial charge in [0.2, 0.25) is 0 Å². The predicted molar refractivity (Wildman–Crippen MR) is 79.2 cm³/mol. The van der Waals surface area contributed by atoms with Crippen molar-refractivity contribution >= 4 is 0 Å². The zero-order chi connectivity index (χ0) is 12.8. The highest BCUT2D eigenvalue weighted by atomic mass is 15.0. The first-order valence-electron chi connectivity index (χ1n) is 9.33. The average molecular weight is 264 g/mol. The number of rotatable bonds is 0. The molecule has 0 heteroatoms. The molecule has 20 heavy (non-hydrogen) atoms. The van der Waals surface area contributed by atoms with E-state index in [0.717, 1.165) is 21.7 Å². The second kappa shape index (κ2) is 2.50. The molecule has 0 heterocycles. The molecular weight excluding hydrogens is 240 g/mol. The SMILES string of the molecule is C1CC2=C(C1)C13CCCC14C1=C(CCC1)C41CCCC231. The summed E-state index contributed by atoms with van der Waals surface area (Å²) in [5, 5.41) is 0. The van der Waals surface area contributed by atoms with Crippen LogP contribution in [0.1, 0.15) is 77.0 Å². The lowest BCUT2D eigenvalue weighted by atomic mass is 9.12. The summed E-state index contributed by atoms with van der Waals surface area (Å²) in [6.07, 6.45) is 18.5. The average Bonchev–Trinajstić information content (AvgIpc) is 3.19. The van der Waals surface area contributed by atoms with Crippen LogP contribution in [0.3, 0.4) is 0 Å². The van der Waals surface area contributed by atoms with Crippen LogP contribution in [0.4, 0.5) is 0 Å². The van der Waals surface area contributed by atoms with E-state index in [4.69, 9.17) is 0 Å². The highest BCUT2D eigenvalue weighted by Crippen LogP contribution is 3.05. The molecule has 0 saturated heterocycles. The zero-order valence-corrected chi connectivity index (χ0v) is 12.5. The van der Waals surface area contributed by atoms with Crippen LogP contribution in [0, 0.1) is 21.7 Å². The highest BCUT2D eigenvalue weighted by molar-refractivity contribution is 5.73. The van der Waals surface area contributed by atoms with Crippen LogP contribution >= 0.6 is 0 Å². The molecule has 7 rings (SSSR count). The maximum atomic E-state index is 2.05. The van der Waals surface area contributed by atoms with Crippen molar-refractivity contribution in [1.29, 1.82) is 0 Å². The van der Waals surface area contributed by atoms with Crippen LogP contribution in [-0.4, -0.2) is 0 Å². The Morgan fingerprint density at radius 3 is 1.00 bits per heavy atom. The van der Waals surface area contributed by atoms with Gasteiger partial charge in [-0.15, -0.1) is 0 Å². The fourth-order valence-electron chi connectivity index (χ4n) is 10.2. The summed E-state index contributed by atoms with van der Waals surface area (Å²) in [5.41, 5.74) is 11.2. The number of allylic oxidation sites excluding steroid dienone is 4. The Balaban J connectivity index is 1.62. The molecule has 0 aliphatic heterocycles. The van der Waals surface area contributed by atoms with Crippen LogP contribution in [0.5, 0.6) is 0 Å². The van der Waals surface area contributed by atoms with Gasteiger partial charge < -0.3 is 0 Å². The first-order chi connectivity index (χ1) is 9.87. The Morgan fingerprint density at radius 1 is 0.400 bits per heavy atom. The second-order valence-corrected chi connectivity index (χ2v) is 8.95. The normalized spacial score (nSPS) is 60.0. The quantitative estimate of drug-likeness (QED) is 0.521. The van der Waals surface area contributed by atoms with Crippen molar-refractivity contribution in [3.05, 3.63) is 22.3 Å². The molecule has 0 radical (unpaired) electrons. The zero-order valence-electron chi connectivity index (χ0n) is 12.5. The van der Waals surface area contributed by atoms with E-state index < -0.39 is 0 Å². The third-order valence-electron chi connectivity index (χ3n) is 9.62. The molecule has 4 spiro atoms. The summed E-state index contributed by atoms with van der Waals surface area (Å²) in [5.74, 6) is 0. The van der Waals surface area contributed by atoms with Crippen molar-refractivity contribution in [2.24, 2.45) is 21.7 Å². The molecule has 0 nitrogen and oxygen atoms in total. The van der Waals surface area contributed by atoms with Crippen LogP contribution in [0.15, 0.2) is 22.3 Å². The molecule has 0 aromatic carbocycles. The van der Waals surface area contributed by atoms with E-state index in [2.05, 4.69) is 0 Å². The summed E-state index contributed by atoms with van der Waals surface area (Å²) in [6, 6.07) is 0.